The average Bonchev–Trinajstić information content (AvgIpc) is 2.21. The molecular formula is C13H20ClN3O. The lowest BCUT2D eigenvalue weighted by atomic mass is 10.1. The van der Waals surface area contributed by atoms with Crippen LogP contribution in [0, 0.1) is 5.92 Å². The molecule has 1 rings (SSSR count). The summed E-state index contributed by atoms with van der Waals surface area (Å²) in [6, 6.07) is 5.51. The van der Waals surface area contributed by atoms with Gasteiger partial charge in [0.15, 0.2) is 0 Å². The Morgan fingerprint density at radius 1 is 1.44 bits per heavy atom. The molecule has 0 aliphatic heterocycles. The highest BCUT2D eigenvalue weighted by molar-refractivity contribution is 6.33. The molecule has 100 valence electrons. The number of anilines is 1. The van der Waals surface area contributed by atoms with Crippen LogP contribution < -0.4 is 11.5 Å². The quantitative estimate of drug-likeness (QED) is 0.775. The molecule has 0 saturated carbocycles. The van der Waals surface area contributed by atoms with Gasteiger partial charge in [-0.05, 0) is 23.6 Å². The highest BCUT2D eigenvalue weighted by Crippen LogP contribution is 2.20. The Hall–Kier alpha value is -1.26. The zero-order valence-electron chi connectivity index (χ0n) is 10.8. The standard InChI is InChI=1S/C13H20ClN3O/c1-9(2)6-17(8-13(16)18)7-10-3-4-11(14)12(15)5-10/h3-5,9H,6-8,15H2,1-2H3,(H2,16,18). The fraction of sp³-hybridized carbons (Fsp3) is 0.462. The van der Waals surface area contributed by atoms with Crippen molar-refractivity contribution in [1.29, 1.82) is 0 Å². The van der Waals surface area contributed by atoms with Gasteiger partial charge in [0, 0.05) is 13.1 Å². The van der Waals surface area contributed by atoms with E-state index in [1.54, 1.807) is 6.07 Å². The molecule has 0 fully saturated rings. The fourth-order valence-corrected chi connectivity index (χ4v) is 1.99. The Labute approximate surface area is 113 Å². The lowest BCUT2D eigenvalue weighted by molar-refractivity contribution is -0.119. The molecule has 0 heterocycles. The fourth-order valence-electron chi connectivity index (χ4n) is 1.87. The van der Waals surface area contributed by atoms with E-state index in [0.717, 1.165) is 12.1 Å². The predicted octanol–water partition coefficient (Wildman–Crippen LogP) is 1.87. The molecule has 1 aromatic rings. The Morgan fingerprint density at radius 3 is 2.61 bits per heavy atom. The van der Waals surface area contributed by atoms with Gasteiger partial charge in [-0.1, -0.05) is 31.5 Å². The van der Waals surface area contributed by atoms with Gasteiger partial charge < -0.3 is 11.5 Å². The van der Waals surface area contributed by atoms with Crippen molar-refractivity contribution in [2.75, 3.05) is 18.8 Å². The van der Waals surface area contributed by atoms with Crippen LogP contribution in [0.25, 0.3) is 0 Å². The summed E-state index contributed by atoms with van der Waals surface area (Å²) in [6.07, 6.45) is 0. The molecule has 1 aromatic carbocycles. The maximum atomic E-state index is 11.0. The molecule has 0 saturated heterocycles. The molecule has 0 unspecified atom stereocenters. The van der Waals surface area contributed by atoms with E-state index in [-0.39, 0.29) is 12.5 Å². The first-order valence-electron chi connectivity index (χ1n) is 5.93. The molecular weight excluding hydrogens is 250 g/mol. The third-order valence-corrected chi connectivity index (χ3v) is 2.81. The molecule has 4 N–H and O–H groups in total. The van der Waals surface area contributed by atoms with Gasteiger partial charge in [-0.2, -0.15) is 0 Å². The maximum Gasteiger partial charge on any atom is 0.231 e. The van der Waals surface area contributed by atoms with Gasteiger partial charge in [-0.15, -0.1) is 0 Å². The summed E-state index contributed by atoms with van der Waals surface area (Å²) >= 11 is 5.87. The topological polar surface area (TPSA) is 72.3 Å². The summed E-state index contributed by atoms with van der Waals surface area (Å²) < 4.78 is 0. The van der Waals surface area contributed by atoms with Gasteiger partial charge in [0.2, 0.25) is 5.91 Å². The third-order valence-electron chi connectivity index (χ3n) is 2.47. The molecule has 0 aliphatic rings. The van der Waals surface area contributed by atoms with E-state index >= 15 is 0 Å². The molecule has 0 atom stereocenters. The Morgan fingerprint density at radius 2 is 2.11 bits per heavy atom. The van der Waals surface area contributed by atoms with Crippen LogP contribution in [0.2, 0.25) is 5.02 Å². The molecule has 0 radical (unpaired) electrons. The number of rotatable bonds is 6. The zero-order valence-corrected chi connectivity index (χ0v) is 11.6. The number of nitrogens with zero attached hydrogens (tertiary/aromatic N) is 1. The van der Waals surface area contributed by atoms with Gasteiger partial charge in [0.1, 0.15) is 0 Å². The first kappa shape index (κ1) is 14.8. The number of hydrogen-bond donors (Lipinski definition) is 2. The molecule has 0 bridgehead atoms. The largest absolute Gasteiger partial charge is 0.398 e. The summed E-state index contributed by atoms with van der Waals surface area (Å²) in [7, 11) is 0. The van der Waals surface area contributed by atoms with Crippen molar-refractivity contribution in [3.8, 4) is 0 Å². The smallest absolute Gasteiger partial charge is 0.231 e. The second-order valence-corrected chi connectivity index (χ2v) is 5.29. The maximum absolute atomic E-state index is 11.0. The van der Waals surface area contributed by atoms with Crippen molar-refractivity contribution in [2.45, 2.75) is 20.4 Å². The van der Waals surface area contributed by atoms with Crippen LogP contribution in [0.5, 0.6) is 0 Å². The van der Waals surface area contributed by atoms with E-state index in [0.29, 0.717) is 23.2 Å². The van der Waals surface area contributed by atoms with Crippen molar-refractivity contribution in [3.63, 3.8) is 0 Å². The third kappa shape index (κ3) is 4.94. The molecule has 4 nitrogen and oxygen atoms in total. The molecule has 18 heavy (non-hydrogen) atoms. The van der Waals surface area contributed by atoms with Crippen LogP contribution in [0.3, 0.4) is 0 Å². The zero-order chi connectivity index (χ0) is 13.7. The molecule has 0 aliphatic carbocycles. The minimum Gasteiger partial charge on any atom is -0.398 e. The van der Waals surface area contributed by atoms with Crippen LogP contribution in [-0.4, -0.2) is 23.9 Å². The van der Waals surface area contributed by atoms with Crippen molar-refractivity contribution < 1.29 is 4.79 Å². The van der Waals surface area contributed by atoms with Crippen molar-refractivity contribution >= 4 is 23.2 Å². The first-order valence-corrected chi connectivity index (χ1v) is 6.31. The normalized spacial score (nSPS) is 11.2. The molecule has 0 aromatic heterocycles. The van der Waals surface area contributed by atoms with Crippen LogP contribution in [0.4, 0.5) is 5.69 Å². The summed E-state index contributed by atoms with van der Waals surface area (Å²) in [6.45, 7) is 5.91. The number of amides is 1. The predicted molar refractivity (Wildman–Crippen MR) is 75.2 cm³/mol. The SMILES string of the molecule is CC(C)CN(CC(N)=O)Cc1ccc(Cl)c(N)c1. The second kappa shape index (κ2) is 6.61. The number of nitrogen functional groups attached to an aromatic ring is 1. The van der Waals surface area contributed by atoms with Crippen molar-refractivity contribution in [2.24, 2.45) is 11.7 Å². The van der Waals surface area contributed by atoms with Gasteiger partial charge in [-0.25, -0.2) is 0 Å². The van der Waals surface area contributed by atoms with E-state index in [9.17, 15) is 4.79 Å². The summed E-state index contributed by atoms with van der Waals surface area (Å²) in [5, 5.41) is 0.545. The Bertz CT molecular complexity index is 421. The van der Waals surface area contributed by atoms with E-state index in [1.807, 2.05) is 17.0 Å². The lowest BCUT2D eigenvalue weighted by Gasteiger charge is -2.23. The first-order chi connectivity index (χ1) is 8.38. The number of hydrogen-bond acceptors (Lipinski definition) is 3. The number of benzene rings is 1. The summed E-state index contributed by atoms with van der Waals surface area (Å²) in [4.78, 5) is 13.0. The molecule has 0 spiro atoms. The van der Waals surface area contributed by atoms with Crippen LogP contribution in [0.15, 0.2) is 18.2 Å². The lowest BCUT2D eigenvalue weighted by Crippen LogP contribution is -2.35. The van der Waals surface area contributed by atoms with E-state index < -0.39 is 0 Å². The number of halogens is 1. The van der Waals surface area contributed by atoms with Gasteiger partial charge in [0.05, 0.1) is 17.3 Å². The van der Waals surface area contributed by atoms with Gasteiger partial charge in [0.25, 0.3) is 0 Å². The molecule has 1 amide bonds. The monoisotopic (exact) mass is 269 g/mol. The Kier molecular flexibility index (Phi) is 5.44. The van der Waals surface area contributed by atoms with Crippen LogP contribution >= 0.6 is 11.6 Å². The second-order valence-electron chi connectivity index (χ2n) is 4.89. The minimum atomic E-state index is -0.322. The average molecular weight is 270 g/mol. The molecule has 5 heteroatoms. The Balaban J connectivity index is 2.74. The highest BCUT2D eigenvalue weighted by Gasteiger charge is 2.11. The number of carbonyl (C=O) groups excluding carboxylic acids is 1. The van der Waals surface area contributed by atoms with E-state index in [2.05, 4.69) is 13.8 Å². The highest BCUT2D eigenvalue weighted by atomic mass is 35.5. The van der Waals surface area contributed by atoms with Crippen LogP contribution in [0.1, 0.15) is 19.4 Å². The summed E-state index contributed by atoms with van der Waals surface area (Å²) in [5.74, 6) is 0.145. The van der Waals surface area contributed by atoms with Crippen LogP contribution in [-0.2, 0) is 11.3 Å². The number of nitrogens with two attached hydrogens (primary N) is 2. The van der Waals surface area contributed by atoms with E-state index in [4.69, 9.17) is 23.1 Å². The number of carbonyl (C=O) groups is 1. The van der Waals surface area contributed by atoms with Crippen molar-refractivity contribution in [1.82, 2.24) is 4.90 Å². The minimum absolute atomic E-state index is 0.251. The van der Waals surface area contributed by atoms with Gasteiger partial charge in [-0.3, -0.25) is 9.69 Å². The number of primary amides is 1. The van der Waals surface area contributed by atoms with Gasteiger partial charge >= 0.3 is 0 Å². The van der Waals surface area contributed by atoms with E-state index in [1.165, 1.54) is 0 Å². The van der Waals surface area contributed by atoms with Crippen molar-refractivity contribution in [3.05, 3.63) is 28.8 Å². The summed E-state index contributed by atoms with van der Waals surface area (Å²) in [5.41, 5.74) is 12.6.